The van der Waals surface area contributed by atoms with Gasteiger partial charge >= 0.3 is 17.8 Å². The van der Waals surface area contributed by atoms with Gasteiger partial charge in [0.25, 0.3) is 0 Å². The summed E-state index contributed by atoms with van der Waals surface area (Å²) in [5.41, 5.74) is 2.29. The van der Waals surface area contributed by atoms with Crippen LogP contribution in [0.1, 0.15) is 36.5 Å². The quantitative estimate of drug-likeness (QED) is 0.250. The highest BCUT2D eigenvalue weighted by Crippen LogP contribution is 2.38. The summed E-state index contributed by atoms with van der Waals surface area (Å²) in [7, 11) is -3.48. The van der Waals surface area contributed by atoms with E-state index in [1.165, 1.54) is 0 Å². The van der Waals surface area contributed by atoms with Crippen molar-refractivity contribution in [2.24, 2.45) is 0 Å². The molecule has 0 saturated carbocycles. The fourth-order valence-corrected chi connectivity index (χ4v) is 5.82. The third kappa shape index (κ3) is 8.01. The highest BCUT2D eigenvalue weighted by Gasteiger charge is 2.50. The van der Waals surface area contributed by atoms with Gasteiger partial charge in [-0.2, -0.15) is 0 Å². The number of nitrogens with zero attached hydrogens (tertiary/aromatic N) is 1. The minimum Gasteiger partial charge on any atom is -0.491 e. The van der Waals surface area contributed by atoms with Crippen molar-refractivity contribution >= 4 is 27.6 Å². The van der Waals surface area contributed by atoms with Crippen molar-refractivity contribution in [2.45, 2.75) is 37.4 Å². The Balaban J connectivity index is 1.30. The number of esters is 2. The van der Waals surface area contributed by atoms with Crippen LogP contribution in [-0.2, 0) is 33.8 Å². The predicted octanol–water partition coefficient (Wildman–Crippen LogP) is 4.41. The van der Waals surface area contributed by atoms with E-state index in [1.807, 2.05) is 65.6 Å². The van der Waals surface area contributed by atoms with Crippen LogP contribution in [0.25, 0.3) is 0 Å². The molecule has 226 valence electrons. The van der Waals surface area contributed by atoms with Crippen molar-refractivity contribution in [3.05, 3.63) is 108 Å². The third-order valence-corrected chi connectivity index (χ3v) is 7.70. The second-order valence-corrected chi connectivity index (χ2v) is 12.1. The molecule has 0 aromatic heterocycles. The minimum absolute atomic E-state index is 0.115. The Labute approximate surface area is 251 Å². The Kier molecular flexibility index (Phi) is 9.44. The molecule has 3 aromatic carbocycles. The second kappa shape index (κ2) is 13.4. The monoisotopic (exact) mass is 606 g/mol. The Morgan fingerprint density at radius 3 is 2.09 bits per heavy atom. The van der Waals surface area contributed by atoms with Gasteiger partial charge in [-0.05, 0) is 36.1 Å². The first kappa shape index (κ1) is 30.3. The van der Waals surface area contributed by atoms with Crippen LogP contribution < -0.4 is 9.46 Å². The molecular weight excluding hydrogens is 572 g/mol. The highest BCUT2D eigenvalue weighted by molar-refractivity contribution is 7.92. The van der Waals surface area contributed by atoms with E-state index in [-0.39, 0.29) is 19.1 Å². The van der Waals surface area contributed by atoms with Gasteiger partial charge in [-0.1, -0.05) is 72.8 Å². The van der Waals surface area contributed by atoms with Gasteiger partial charge in [-0.3, -0.25) is 4.72 Å². The molecule has 0 aliphatic carbocycles. The summed E-state index contributed by atoms with van der Waals surface area (Å²) in [4.78, 5) is 27.0. The van der Waals surface area contributed by atoms with E-state index in [0.717, 1.165) is 29.5 Å². The topological polar surface area (TPSA) is 120 Å². The van der Waals surface area contributed by atoms with E-state index < -0.39 is 34.0 Å². The van der Waals surface area contributed by atoms with Gasteiger partial charge in [0, 0.05) is 25.2 Å². The molecule has 0 radical (unpaired) electrons. The van der Waals surface area contributed by atoms with E-state index in [0.29, 0.717) is 37.4 Å². The van der Waals surface area contributed by atoms with Crippen LogP contribution in [0.15, 0.2) is 97.1 Å². The molecule has 1 spiro atoms. The Morgan fingerprint density at radius 1 is 0.907 bits per heavy atom. The first-order valence-corrected chi connectivity index (χ1v) is 15.9. The van der Waals surface area contributed by atoms with E-state index in [1.54, 1.807) is 24.3 Å². The molecule has 1 atom stereocenters. The van der Waals surface area contributed by atoms with Crippen LogP contribution in [0, 0.1) is 0 Å². The average Bonchev–Trinajstić information content (AvgIpc) is 3.13. The summed E-state index contributed by atoms with van der Waals surface area (Å²) in [6.45, 7) is 1.03. The van der Waals surface area contributed by atoms with Gasteiger partial charge in [0.2, 0.25) is 10.0 Å². The maximum atomic E-state index is 12.6. The van der Waals surface area contributed by atoms with Crippen LogP contribution in [0.4, 0.5) is 5.69 Å². The zero-order valence-corrected chi connectivity index (χ0v) is 24.6. The Bertz CT molecular complexity index is 1490. The second-order valence-electron chi connectivity index (χ2n) is 10.4. The van der Waals surface area contributed by atoms with Crippen LogP contribution in [0.5, 0.6) is 5.75 Å². The summed E-state index contributed by atoms with van der Waals surface area (Å²) >= 11 is 0. The van der Waals surface area contributed by atoms with E-state index in [2.05, 4.69) is 4.72 Å². The maximum Gasteiger partial charge on any atom is 0.335 e. The molecule has 1 saturated heterocycles. The van der Waals surface area contributed by atoms with Crippen LogP contribution in [0.2, 0.25) is 0 Å². The third-order valence-electron chi connectivity index (χ3n) is 7.11. The lowest BCUT2D eigenvalue weighted by atomic mass is 9.98. The average molecular weight is 607 g/mol. The maximum absolute atomic E-state index is 12.6. The largest absolute Gasteiger partial charge is 0.491 e. The van der Waals surface area contributed by atoms with Gasteiger partial charge in [-0.25, -0.2) is 22.9 Å². The smallest absolute Gasteiger partial charge is 0.335 e. The lowest BCUT2D eigenvalue weighted by Gasteiger charge is -2.46. The molecule has 3 aromatic rings. The van der Waals surface area contributed by atoms with Crippen LogP contribution in [0.3, 0.4) is 0 Å². The molecule has 0 bridgehead atoms. The lowest BCUT2D eigenvalue weighted by Crippen LogP contribution is -2.60. The number of piperidine rings is 1. The SMILES string of the molecule is CS(=O)(=O)Nc1ccccc1OCCCN1CCC(OC(c2ccccc2)c2ccccc2)CC12OC(=O)C=CC(=O)O2. The van der Waals surface area contributed by atoms with E-state index >= 15 is 0 Å². The van der Waals surface area contributed by atoms with Gasteiger partial charge in [-0.15, -0.1) is 0 Å². The first-order valence-electron chi connectivity index (χ1n) is 14.0. The number of hydrogen-bond acceptors (Lipinski definition) is 9. The normalized spacial score (nSPS) is 18.6. The van der Waals surface area contributed by atoms with Crippen molar-refractivity contribution in [3.8, 4) is 5.75 Å². The molecule has 2 heterocycles. The fraction of sp³-hybridized carbons (Fsp3) is 0.312. The summed E-state index contributed by atoms with van der Waals surface area (Å²) in [5, 5.41) is 0. The van der Waals surface area contributed by atoms with Crippen molar-refractivity contribution in [1.82, 2.24) is 4.90 Å². The number of carbonyl (C=O) groups is 2. The standard InChI is InChI=1S/C32H34N2O8S/c1-43(37,38)33-27-15-8-9-16-28(27)39-22-10-20-34-21-19-26(23-32(34)41-29(35)17-18-30(36)42-32)40-31(24-11-4-2-5-12-24)25-13-6-3-7-14-25/h2-9,11-18,26,31,33H,10,19-23H2,1H3. The molecule has 2 aliphatic rings. The molecule has 43 heavy (non-hydrogen) atoms. The van der Waals surface area contributed by atoms with Gasteiger partial charge < -0.3 is 18.9 Å². The molecule has 2 aliphatic heterocycles. The number of likely N-dealkylation sites (tertiary alicyclic amines) is 1. The van der Waals surface area contributed by atoms with Crippen molar-refractivity contribution < 1.29 is 37.0 Å². The van der Waals surface area contributed by atoms with Gasteiger partial charge in [0.1, 0.15) is 11.9 Å². The number of nitrogens with one attached hydrogen (secondary N) is 1. The van der Waals surface area contributed by atoms with Crippen molar-refractivity contribution in [1.29, 1.82) is 0 Å². The number of para-hydroxylation sites is 2. The zero-order chi connectivity index (χ0) is 30.3. The number of benzene rings is 3. The summed E-state index contributed by atoms with van der Waals surface area (Å²) in [6, 6.07) is 26.5. The Morgan fingerprint density at radius 2 is 1.49 bits per heavy atom. The summed E-state index contributed by atoms with van der Waals surface area (Å²) in [5.74, 6) is -2.64. The summed E-state index contributed by atoms with van der Waals surface area (Å²) in [6.07, 6.45) is 3.61. The van der Waals surface area contributed by atoms with Crippen molar-refractivity contribution in [2.75, 3.05) is 30.7 Å². The van der Waals surface area contributed by atoms with Gasteiger partial charge in [0.05, 0.1) is 31.1 Å². The van der Waals surface area contributed by atoms with Gasteiger partial charge in [0.15, 0.2) is 0 Å². The zero-order valence-electron chi connectivity index (χ0n) is 23.8. The van der Waals surface area contributed by atoms with Crippen LogP contribution in [-0.4, -0.2) is 63.2 Å². The van der Waals surface area contributed by atoms with E-state index in [9.17, 15) is 18.0 Å². The number of hydrogen-bond donors (Lipinski definition) is 1. The first-order chi connectivity index (χ1) is 20.7. The van der Waals surface area contributed by atoms with Crippen LogP contribution >= 0.6 is 0 Å². The highest BCUT2D eigenvalue weighted by atomic mass is 32.2. The summed E-state index contributed by atoms with van der Waals surface area (Å²) < 4.78 is 50.0. The molecule has 1 fully saturated rings. The number of rotatable bonds is 11. The predicted molar refractivity (Wildman–Crippen MR) is 159 cm³/mol. The molecule has 5 rings (SSSR count). The number of carbonyl (C=O) groups excluding carboxylic acids is 2. The minimum atomic E-state index is -3.48. The number of anilines is 1. The molecule has 11 heteroatoms. The van der Waals surface area contributed by atoms with Crippen molar-refractivity contribution in [3.63, 3.8) is 0 Å². The molecule has 1 unspecified atom stereocenters. The molecule has 1 N–H and O–H groups in total. The lowest BCUT2D eigenvalue weighted by molar-refractivity contribution is -0.307. The van der Waals surface area contributed by atoms with E-state index in [4.69, 9.17) is 18.9 Å². The number of ether oxygens (including phenoxy) is 4. The number of sulfonamides is 1. The fourth-order valence-electron chi connectivity index (χ4n) is 5.25. The molecule has 10 nitrogen and oxygen atoms in total. The molecular formula is C32H34N2O8S. The Hall–Kier alpha value is -4.19. The molecule has 0 amide bonds.